The summed E-state index contributed by atoms with van der Waals surface area (Å²) >= 11 is 0. The molecule has 1 aliphatic heterocycles. The molecule has 2 aromatic heterocycles. The Morgan fingerprint density at radius 2 is 2.16 bits per heavy atom. The predicted octanol–water partition coefficient (Wildman–Crippen LogP) is 2.76. The van der Waals surface area contributed by atoms with E-state index in [4.69, 9.17) is 4.94 Å². The van der Waals surface area contributed by atoms with E-state index in [1.165, 1.54) is 19.3 Å². The van der Waals surface area contributed by atoms with Gasteiger partial charge in [0.05, 0.1) is 12.2 Å². The number of hydrogen-bond acceptors (Lipinski definition) is 5. The number of rotatable bonds is 1. The van der Waals surface area contributed by atoms with Gasteiger partial charge in [-0.25, -0.2) is 10.0 Å². The van der Waals surface area contributed by atoms with E-state index in [1.54, 1.807) is 6.20 Å². The van der Waals surface area contributed by atoms with E-state index in [9.17, 15) is 5.21 Å². The summed E-state index contributed by atoms with van der Waals surface area (Å²) in [5.41, 5.74) is 2.34. The Labute approximate surface area is 110 Å². The monoisotopic (exact) mass is 260 g/mol. The van der Waals surface area contributed by atoms with Crippen molar-refractivity contribution in [3.05, 3.63) is 18.5 Å². The molecule has 1 fully saturated rings. The van der Waals surface area contributed by atoms with Crippen LogP contribution in [0.1, 0.15) is 32.1 Å². The van der Waals surface area contributed by atoms with Gasteiger partial charge in [-0.2, -0.15) is 0 Å². The van der Waals surface area contributed by atoms with Crippen LogP contribution in [0.15, 0.2) is 18.5 Å². The maximum absolute atomic E-state index is 9.90. The van der Waals surface area contributed by atoms with E-state index in [2.05, 4.69) is 9.97 Å². The molecule has 0 atom stereocenters. The molecule has 19 heavy (non-hydrogen) atoms. The summed E-state index contributed by atoms with van der Waals surface area (Å²) in [5, 5.41) is 13.6. The molecule has 0 saturated heterocycles. The number of hydroxylamine groups is 1. The fraction of sp³-hybridized carbons (Fsp3) is 0.462. The minimum absolute atomic E-state index is 0.324. The molecular weight excluding hydrogens is 244 g/mol. The van der Waals surface area contributed by atoms with Crippen LogP contribution in [0.4, 0.5) is 11.4 Å². The van der Waals surface area contributed by atoms with Crippen LogP contribution in [-0.2, 0) is 4.94 Å². The molecule has 2 aromatic rings. The SMILES string of the molecule is ON1ON(C2CCCCC2)c2c1cnc1[nH]ccc21. The third-order valence-electron chi connectivity index (χ3n) is 4.04. The van der Waals surface area contributed by atoms with Gasteiger partial charge in [-0.1, -0.05) is 24.5 Å². The summed E-state index contributed by atoms with van der Waals surface area (Å²) in [7, 11) is 0. The van der Waals surface area contributed by atoms with Crippen LogP contribution in [0.3, 0.4) is 0 Å². The third kappa shape index (κ3) is 1.60. The van der Waals surface area contributed by atoms with E-state index in [0.29, 0.717) is 11.7 Å². The highest BCUT2D eigenvalue weighted by molar-refractivity contribution is 5.97. The average molecular weight is 260 g/mol. The van der Waals surface area contributed by atoms with Crippen LogP contribution in [0.5, 0.6) is 0 Å². The molecular formula is C13H16N4O2. The fourth-order valence-corrected chi connectivity index (χ4v) is 3.09. The third-order valence-corrected chi connectivity index (χ3v) is 4.04. The minimum atomic E-state index is 0.324. The number of nitrogens with zero attached hydrogens (tertiary/aromatic N) is 3. The lowest BCUT2D eigenvalue weighted by Gasteiger charge is -2.30. The lowest BCUT2D eigenvalue weighted by molar-refractivity contribution is -0.0512. The number of pyridine rings is 1. The molecule has 3 heterocycles. The lowest BCUT2D eigenvalue weighted by Crippen LogP contribution is -2.37. The Morgan fingerprint density at radius 3 is 3.00 bits per heavy atom. The van der Waals surface area contributed by atoms with Crippen molar-refractivity contribution in [1.82, 2.24) is 9.97 Å². The second kappa shape index (κ2) is 4.11. The van der Waals surface area contributed by atoms with Gasteiger partial charge in [-0.3, -0.25) is 5.21 Å². The Hall–Kier alpha value is -1.79. The predicted molar refractivity (Wildman–Crippen MR) is 70.8 cm³/mol. The second-order valence-electron chi connectivity index (χ2n) is 5.20. The Bertz CT molecular complexity index is 606. The first-order valence-electron chi connectivity index (χ1n) is 6.77. The molecule has 0 spiro atoms. The average Bonchev–Trinajstić information content (AvgIpc) is 3.04. The molecule has 2 aliphatic rings. The highest BCUT2D eigenvalue weighted by Gasteiger charge is 2.35. The molecule has 0 bridgehead atoms. The Balaban J connectivity index is 1.82. The Kier molecular flexibility index (Phi) is 2.39. The van der Waals surface area contributed by atoms with Gasteiger partial charge in [-0.15, -0.1) is 4.94 Å². The van der Waals surface area contributed by atoms with Gasteiger partial charge in [0.15, 0.2) is 0 Å². The summed E-state index contributed by atoms with van der Waals surface area (Å²) in [4.78, 5) is 12.9. The van der Waals surface area contributed by atoms with Gasteiger partial charge in [0.1, 0.15) is 17.0 Å². The molecule has 0 unspecified atom stereocenters. The minimum Gasteiger partial charge on any atom is -0.346 e. The van der Waals surface area contributed by atoms with Gasteiger partial charge in [0, 0.05) is 11.6 Å². The Morgan fingerprint density at radius 1 is 1.32 bits per heavy atom. The molecule has 0 radical (unpaired) electrons. The zero-order chi connectivity index (χ0) is 12.8. The normalized spacial score (nSPS) is 20.3. The maximum Gasteiger partial charge on any atom is 0.142 e. The summed E-state index contributed by atoms with van der Waals surface area (Å²) in [6.45, 7) is 0. The first kappa shape index (κ1) is 11.1. The van der Waals surface area contributed by atoms with Gasteiger partial charge in [0.2, 0.25) is 0 Å². The number of nitrogens with one attached hydrogen (secondary N) is 1. The van der Waals surface area contributed by atoms with Crippen molar-refractivity contribution >= 4 is 22.4 Å². The van der Waals surface area contributed by atoms with Gasteiger partial charge >= 0.3 is 0 Å². The number of aromatic nitrogens is 2. The molecule has 1 saturated carbocycles. The summed E-state index contributed by atoms with van der Waals surface area (Å²) < 4.78 is 0. The van der Waals surface area contributed by atoms with Crippen LogP contribution in [-0.4, -0.2) is 21.2 Å². The van der Waals surface area contributed by atoms with Crippen molar-refractivity contribution in [3.8, 4) is 0 Å². The zero-order valence-electron chi connectivity index (χ0n) is 10.5. The van der Waals surface area contributed by atoms with Crippen molar-refractivity contribution in [2.45, 2.75) is 38.1 Å². The molecule has 1 aliphatic carbocycles. The molecule has 6 nitrogen and oxygen atoms in total. The summed E-state index contributed by atoms with van der Waals surface area (Å²) in [6, 6.07) is 2.30. The summed E-state index contributed by atoms with van der Waals surface area (Å²) in [6.07, 6.45) is 9.41. The van der Waals surface area contributed by atoms with Crippen molar-refractivity contribution in [2.24, 2.45) is 0 Å². The smallest absolute Gasteiger partial charge is 0.142 e. The standard InChI is InChI=1S/C13H16N4O2/c18-17-11-8-15-13-10(6-7-14-13)12(11)16(19-17)9-4-2-1-3-5-9/h6-9,18H,1-5H2,(H,14,15). The number of hydrogen-bond donors (Lipinski definition) is 2. The highest BCUT2D eigenvalue weighted by atomic mass is 17.0. The molecule has 4 rings (SSSR count). The van der Waals surface area contributed by atoms with E-state index in [-0.39, 0.29) is 0 Å². The van der Waals surface area contributed by atoms with Crippen LogP contribution in [0.25, 0.3) is 11.0 Å². The molecule has 0 amide bonds. The summed E-state index contributed by atoms with van der Waals surface area (Å²) in [5.74, 6) is 0. The number of fused-ring (bicyclic) bond motifs is 3. The number of anilines is 2. The van der Waals surface area contributed by atoms with Crippen LogP contribution in [0.2, 0.25) is 0 Å². The highest BCUT2D eigenvalue weighted by Crippen LogP contribution is 2.43. The van der Waals surface area contributed by atoms with E-state index in [1.807, 2.05) is 17.3 Å². The fourth-order valence-electron chi connectivity index (χ4n) is 3.09. The van der Waals surface area contributed by atoms with Crippen molar-refractivity contribution in [3.63, 3.8) is 0 Å². The van der Waals surface area contributed by atoms with Gasteiger partial charge in [0.25, 0.3) is 0 Å². The van der Waals surface area contributed by atoms with Crippen molar-refractivity contribution in [2.75, 3.05) is 10.3 Å². The molecule has 2 N–H and O–H groups in total. The van der Waals surface area contributed by atoms with E-state index < -0.39 is 0 Å². The van der Waals surface area contributed by atoms with Gasteiger partial charge in [-0.05, 0) is 18.9 Å². The van der Waals surface area contributed by atoms with E-state index in [0.717, 1.165) is 34.8 Å². The molecule has 6 heteroatoms. The number of aromatic amines is 1. The first-order valence-corrected chi connectivity index (χ1v) is 6.77. The van der Waals surface area contributed by atoms with Crippen molar-refractivity contribution in [1.29, 1.82) is 0 Å². The quantitative estimate of drug-likeness (QED) is 0.825. The van der Waals surface area contributed by atoms with Crippen LogP contribution < -0.4 is 10.3 Å². The first-order chi connectivity index (χ1) is 9.34. The lowest BCUT2D eigenvalue weighted by atomic mass is 9.95. The van der Waals surface area contributed by atoms with Crippen LogP contribution >= 0.6 is 0 Å². The second-order valence-corrected chi connectivity index (χ2v) is 5.20. The zero-order valence-corrected chi connectivity index (χ0v) is 10.5. The largest absolute Gasteiger partial charge is 0.346 e. The van der Waals surface area contributed by atoms with Crippen LogP contribution in [0, 0.1) is 0 Å². The number of H-pyrrole nitrogens is 1. The topological polar surface area (TPSA) is 64.6 Å². The molecule has 0 aromatic carbocycles. The van der Waals surface area contributed by atoms with E-state index >= 15 is 0 Å². The molecule has 100 valence electrons. The maximum atomic E-state index is 9.90. The van der Waals surface area contributed by atoms with Crippen molar-refractivity contribution < 1.29 is 10.1 Å². The van der Waals surface area contributed by atoms with Gasteiger partial charge < -0.3 is 4.98 Å².